The number of nitrogens with zero attached hydrogens (tertiary/aromatic N) is 2. The number of hydrogen-bond donors (Lipinski definition) is 1. The lowest BCUT2D eigenvalue weighted by Gasteiger charge is -2.18. The van der Waals surface area contributed by atoms with Gasteiger partial charge in [-0.05, 0) is 49.4 Å². The number of aromatic nitrogens is 2. The number of aryl methyl sites for hydroxylation is 3. The van der Waals surface area contributed by atoms with Gasteiger partial charge in [0.15, 0.2) is 0 Å². The van der Waals surface area contributed by atoms with Crippen LogP contribution in [0.4, 0.5) is 5.82 Å². The predicted molar refractivity (Wildman–Crippen MR) is 110 cm³/mol. The van der Waals surface area contributed by atoms with Gasteiger partial charge in [0, 0.05) is 17.0 Å². The second-order valence-electron chi connectivity index (χ2n) is 6.99. The van der Waals surface area contributed by atoms with Gasteiger partial charge in [-0.3, -0.25) is 0 Å². The van der Waals surface area contributed by atoms with Gasteiger partial charge in [-0.15, -0.1) is 0 Å². The summed E-state index contributed by atoms with van der Waals surface area (Å²) < 4.78 is 0. The fraction of sp³-hybridized carbons (Fsp3) is 0.273. The molecule has 0 aliphatic rings. The van der Waals surface area contributed by atoms with E-state index in [1.165, 1.54) is 11.1 Å². The second kappa shape index (κ2) is 7.46. The number of rotatable bonds is 4. The van der Waals surface area contributed by atoms with Crippen LogP contribution < -0.4 is 5.73 Å². The molecule has 134 valence electrons. The summed E-state index contributed by atoms with van der Waals surface area (Å²) in [6.45, 7) is 8.35. The Kier molecular flexibility index (Phi) is 5.28. The van der Waals surface area contributed by atoms with Crippen molar-refractivity contribution in [3.63, 3.8) is 0 Å². The van der Waals surface area contributed by atoms with E-state index < -0.39 is 0 Å². The Morgan fingerprint density at radius 1 is 1.08 bits per heavy atom. The summed E-state index contributed by atoms with van der Waals surface area (Å²) in [7, 11) is 0. The summed E-state index contributed by atoms with van der Waals surface area (Å²) in [6, 6.07) is 12.4. The molecule has 3 rings (SSSR count). The molecule has 2 aromatic carbocycles. The highest BCUT2D eigenvalue weighted by molar-refractivity contribution is 6.32. The third-order valence-corrected chi connectivity index (χ3v) is 5.28. The van der Waals surface area contributed by atoms with Crippen molar-refractivity contribution in [2.24, 2.45) is 0 Å². The third-order valence-electron chi connectivity index (χ3n) is 4.77. The molecule has 1 unspecified atom stereocenters. The van der Waals surface area contributed by atoms with E-state index in [1.807, 2.05) is 19.1 Å². The summed E-state index contributed by atoms with van der Waals surface area (Å²) in [4.78, 5) is 9.18. The van der Waals surface area contributed by atoms with E-state index in [1.54, 1.807) is 6.20 Å². The van der Waals surface area contributed by atoms with E-state index in [0.717, 1.165) is 33.1 Å². The number of anilines is 1. The van der Waals surface area contributed by atoms with Crippen molar-refractivity contribution in [3.8, 4) is 11.3 Å². The summed E-state index contributed by atoms with van der Waals surface area (Å²) in [5.41, 5.74) is 13.5. The highest BCUT2D eigenvalue weighted by Gasteiger charge is 2.17. The van der Waals surface area contributed by atoms with Crippen molar-refractivity contribution in [2.75, 3.05) is 5.73 Å². The first-order valence-electron chi connectivity index (χ1n) is 8.81. The molecular formula is C22H24ClN3. The maximum Gasteiger partial charge on any atom is 0.145 e. The molecule has 1 heterocycles. The van der Waals surface area contributed by atoms with Gasteiger partial charge in [0.25, 0.3) is 0 Å². The van der Waals surface area contributed by atoms with Gasteiger partial charge in [-0.25, -0.2) is 9.97 Å². The fourth-order valence-corrected chi connectivity index (χ4v) is 3.72. The molecule has 0 saturated heterocycles. The molecule has 1 aromatic heterocycles. The van der Waals surface area contributed by atoms with Crippen molar-refractivity contribution < 1.29 is 0 Å². The van der Waals surface area contributed by atoms with Crippen LogP contribution in [0, 0.1) is 20.8 Å². The summed E-state index contributed by atoms with van der Waals surface area (Å²) in [5.74, 6) is 0.682. The Bertz CT molecular complexity index is 950. The van der Waals surface area contributed by atoms with Crippen LogP contribution in [0.15, 0.2) is 42.6 Å². The topological polar surface area (TPSA) is 51.8 Å². The fourth-order valence-electron chi connectivity index (χ4n) is 3.33. The lowest BCUT2D eigenvalue weighted by molar-refractivity contribution is 0.734. The van der Waals surface area contributed by atoms with Crippen LogP contribution in [0.1, 0.15) is 40.8 Å². The second-order valence-corrected chi connectivity index (χ2v) is 7.37. The van der Waals surface area contributed by atoms with Crippen molar-refractivity contribution in [1.82, 2.24) is 9.97 Å². The van der Waals surface area contributed by atoms with Gasteiger partial charge < -0.3 is 5.73 Å². The zero-order valence-corrected chi connectivity index (χ0v) is 16.4. The van der Waals surface area contributed by atoms with Crippen LogP contribution >= 0.6 is 11.6 Å². The zero-order chi connectivity index (χ0) is 18.8. The molecule has 26 heavy (non-hydrogen) atoms. The van der Waals surface area contributed by atoms with E-state index in [2.05, 4.69) is 50.0 Å². The molecular weight excluding hydrogens is 342 g/mol. The Morgan fingerprint density at radius 3 is 2.54 bits per heavy atom. The van der Waals surface area contributed by atoms with Gasteiger partial charge in [-0.1, -0.05) is 54.4 Å². The summed E-state index contributed by atoms with van der Waals surface area (Å²) in [6.07, 6.45) is 2.44. The molecule has 0 bridgehead atoms. The minimum atomic E-state index is 0.201. The number of benzene rings is 2. The predicted octanol–water partition coefficient (Wildman–Crippen LogP) is 5.65. The van der Waals surface area contributed by atoms with Crippen molar-refractivity contribution >= 4 is 17.4 Å². The number of nitrogen functional groups attached to an aromatic ring is 1. The number of nitrogens with two attached hydrogens (primary N) is 1. The largest absolute Gasteiger partial charge is 0.382 e. The normalized spacial score (nSPS) is 12.2. The first kappa shape index (κ1) is 18.4. The minimum absolute atomic E-state index is 0.201. The smallest absolute Gasteiger partial charge is 0.145 e. The third kappa shape index (κ3) is 3.73. The molecule has 4 heteroatoms. The van der Waals surface area contributed by atoms with Gasteiger partial charge in [-0.2, -0.15) is 0 Å². The van der Waals surface area contributed by atoms with E-state index in [4.69, 9.17) is 22.3 Å². The quantitative estimate of drug-likeness (QED) is 0.649. The molecule has 2 N–H and O–H groups in total. The summed E-state index contributed by atoms with van der Waals surface area (Å²) in [5, 5.41) is 0.832. The highest BCUT2D eigenvalue weighted by atomic mass is 35.5. The van der Waals surface area contributed by atoms with Crippen LogP contribution in [0.2, 0.25) is 5.02 Å². The van der Waals surface area contributed by atoms with Gasteiger partial charge in [0.2, 0.25) is 0 Å². The van der Waals surface area contributed by atoms with Crippen molar-refractivity contribution in [2.45, 2.75) is 40.0 Å². The molecule has 0 aliphatic carbocycles. The van der Waals surface area contributed by atoms with E-state index in [0.29, 0.717) is 12.2 Å². The maximum atomic E-state index is 6.58. The molecule has 3 nitrogen and oxygen atoms in total. The lowest BCUT2D eigenvalue weighted by atomic mass is 9.91. The monoisotopic (exact) mass is 365 g/mol. The van der Waals surface area contributed by atoms with Crippen LogP contribution in [0.3, 0.4) is 0 Å². The number of hydrogen-bond acceptors (Lipinski definition) is 3. The van der Waals surface area contributed by atoms with E-state index >= 15 is 0 Å². The SMILES string of the molecule is Cc1cccc(-c2cnc(N)c(CC(C)c3c(C)ccc(C)c3Cl)n2)c1. The van der Waals surface area contributed by atoms with Gasteiger partial charge >= 0.3 is 0 Å². The first-order valence-corrected chi connectivity index (χ1v) is 9.18. The molecule has 0 amide bonds. The molecule has 0 aliphatic heterocycles. The van der Waals surface area contributed by atoms with Crippen LogP contribution in [0.25, 0.3) is 11.3 Å². The molecule has 0 fully saturated rings. The van der Waals surface area contributed by atoms with Crippen molar-refractivity contribution in [3.05, 3.63) is 75.6 Å². The molecule has 1 atom stereocenters. The molecule has 0 saturated carbocycles. The van der Waals surface area contributed by atoms with Crippen LogP contribution in [0.5, 0.6) is 0 Å². The maximum absolute atomic E-state index is 6.58. The lowest BCUT2D eigenvalue weighted by Crippen LogP contribution is -2.08. The molecule has 3 aromatic rings. The average molecular weight is 366 g/mol. The number of halogens is 1. The minimum Gasteiger partial charge on any atom is -0.382 e. The summed E-state index contributed by atoms with van der Waals surface area (Å²) >= 11 is 6.58. The molecule has 0 radical (unpaired) electrons. The van der Waals surface area contributed by atoms with Gasteiger partial charge in [0.05, 0.1) is 17.6 Å². The first-order chi connectivity index (χ1) is 12.4. The Morgan fingerprint density at radius 2 is 1.81 bits per heavy atom. The Hall–Kier alpha value is -2.39. The van der Waals surface area contributed by atoms with Gasteiger partial charge in [0.1, 0.15) is 5.82 Å². The van der Waals surface area contributed by atoms with Crippen molar-refractivity contribution in [1.29, 1.82) is 0 Å². The standard InChI is InChI=1S/C22H24ClN3/c1-13-6-5-7-17(10-13)19-12-25-22(24)18(26-19)11-16(4)20-14(2)8-9-15(3)21(20)23/h5-10,12,16H,11H2,1-4H3,(H2,24,25). The highest BCUT2D eigenvalue weighted by Crippen LogP contribution is 2.33. The van der Waals surface area contributed by atoms with E-state index in [-0.39, 0.29) is 5.92 Å². The Balaban J connectivity index is 1.95. The Labute approximate surface area is 160 Å². The molecule has 0 spiro atoms. The van der Waals surface area contributed by atoms with E-state index in [9.17, 15) is 0 Å². The van der Waals surface area contributed by atoms with Crippen LogP contribution in [-0.2, 0) is 6.42 Å². The van der Waals surface area contributed by atoms with Crippen LogP contribution in [-0.4, -0.2) is 9.97 Å². The average Bonchev–Trinajstić information content (AvgIpc) is 2.60. The zero-order valence-electron chi connectivity index (χ0n) is 15.7.